The van der Waals surface area contributed by atoms with Gasteiger partial charge in [-0.1, -0.05) is 12.2 Å². The van der Waals surface area contributed by atoms with Crippen LogP contribution in [0.1, 0.15) is 48.4 Å². The van der Waals surface area contributed by atoms with Crippen molar-refractivity contribution in [2.45, 2.75) is 59.0 Å². The van der Waals surface area contributed by atoms with Gasteiger partial charge in [-0.05, 0) is 70.1 Å². The van der Waals surface area contributed by atoms with Crippen LogP contribution in [0.3, 0.4) is 0 Å². The summed E-state index contributed by atoms with van der Waals surface area (Å²) in [5.41, 5.74) is 8.55. The minimum absolute atomic E-state index is 0.00209. The first-order valence-electron chi connectivity index (χ1n) is 9.04. The molecule has 0 saturated carbocycles. The second-order valence-electron chi connectivity index (χ2n) is 7.17. The van der Waals surface area contributed by atoms with Crippen molar-refractivity contribution in [1.82, 2.24) is 10.6 Å². The fraction of sp³-hybridized carbons (Fsp3) is 0.579. The normalized spacial score (nSPS) is 18.6. The zero-order chi connectivity index (χ0) is 19.5. The lowest BCUT2D eigenvalue weighted by molar-refractivity contribution is 0.131. The number of hydrogen-bond acceptors (Lipinski definition) is 4. The maximum Gasteiger partial charge on any atom is 0.185 e. The van der Waals surface area contributed by atoms with Crippen LogP contribution in [0.25, 0.3) is 0 Å². The van der Waals surface area contributed by atoms with E-state index in [9.17, 15) is 5.11 Å². The van der Waals surface area contributed by atoms with Gasteiger partial charge in [0.25, 0.3) is 0 Å². The SMILES string of the molecule is Cc1c(C)c2c(c(C)c1O)CCC(C)(C(=S)NCCCCNC(=N)N)O2. The van der Waals surface area contributed by atoms with E-state index < -0.39 is 5.60 Å². The van der Waals surface area contributed by atoms with Crippen LogP contribution in [0.4, 0.5) is 0 Å². The summed E-state index contributed by atoms with van der Waals surface area (Å²) in [5.74, 6) is 1.23. The molecule has 0 aromatic heterocycles. The number of fused-ring (bicyclic) bond motifs is 1. The summed E-state index contributed by atoms with van der Waals surface area (Å²) >= 11 is 5.62. The highest BCUT2D eigenvalue weighted by atomic mass is 32.1. The van der Waals surface area contributed by atoms with Gasteiger partial charge in [0.15, 0.2) is 11.6 Å². The number of hydrogen-bond donors (Lipinski definition) is 5. The highest BCUT2D eigenvalue weighted by Gasteiger charge is 2.38. The molecule has 0 spiro atoms. The molecule has 6 nitrogen and oxygen atoms in total. The van der Waals surface area contributed by atoms with E-state index in [-0.39, 0.29) is 5.96 Å². The lowest BCUT2D eigenvalue weighted by Crippen LogP contribution is -2.50. The minimum Gasteiger partial charge on any atom is -0.507 e. The molecule has 1 heterocycles. The van der Waals surface area contributed by atoms with E-state index in [0.717, 1.165) is 60.2 Å². The number of rotatable bonds is 6. The molecule has 0 fully saturated rings. The third-order valence-corrected chi connectivity index (χ3v) is 5.78. The number of benzene rings is 1. The van der Waals surface area contributed by atoms with Crippen LogP contribution < -0.4 is 21.1 Å². The van der Waals surface area contributed by atoms with Gasteiger partial charge in [-0.2, -0.15) is 0 Å². The van der Waals surface area contributed by atoms with Crippen molar-refractivity contribution < 1.29 is 9.84 Å². The molecule has 1 aliphatic heterocycles. The summed E-state index contributed by atoms with van der Waals surface area (Å²) in [6.07, 6.45) is 3.45. The highest BCUT2D eigenvalue weighted by Crippen LogP contribution is 2.43. The molecule has 0 bridgehead atoms. The van der Waals surface area contributed by atoms with Crippen molar-refractivity contribution in [3.8, 4) is 11.5 Å². The van der Waals surface area contributed by atoms with E-state index >= 15 is 0 Å². The molecule has 26 heavy (non-hydrogen) atoms. The minimum atomic E-state index is -0.541. The zero-order valence-electron chi connectivity index (χ0n) is 16.1. The van der Waals surface area contributed by atoms with Gasteiger partial charge in [0, 0.05) is 18.7 Å². The Labute approximate surface area is 161 Å². The van der Waals surface area contributed by atoms with Crippen molar-refractivity contribution >= 4 is 23.2 Å². The first-order chi connectivity index (χ1) is 12.2. The molecule has 1 atom stereocenters. The van der Waals surface area contributed by atoms with Gasteiger partial charge < -0.3 is 26.2 Å². The summed E-state index contributed by atoms with van der Waals surface area (Å²) in [6.45, 7) is 9.32. The Morgan fingerprint density at radius 3 is 2.42 bits per heavy atom. The summed E-state index contributed by atoms with van der Waals surface area (Å²) in [5, 5.41) is 23.5. The van der Waals surface area contributed by atoms with E-state index in [4.69, 9.17) is 28.1 Å². The monoisotopic (exact) mass is 378 g/mol. The molecular formula is C19H30N4O2S. The van der Waals surface area contributed by atoms with Crippen LogP contribution >= 0.6 is 12.2 Å². The number of nitrogens with one attached hydrogen (secondary N) is 3. The molecule has 6 N–H and O–H groups in total. The van der Waals surface area contributed by atoms with Crippen LogP contribution in [0, 0.1) is 26.2 Å². The third kappa shape index (κ3) is 4.20. The molecule has 1 unspecified atom stereocenters. The fourth-order valence-electron chi connectivity index (χ4n) is 3.27. The summed E-state index contributed by atoms with van der Waals surface area (Å²) in [4.78, 5) is 0.713. The maximum atomic E-state index is 10.3. The Bertz CT molecular complexity index is 720. The van der Waals surface area contributed by atoms with Gasteiger partial charge in [-0.15, -0.1) is 0 Å². The van der Waals surface area contributed by atoms with Crippen LogP contribution in [0.15, 0.2) is 0 Å². The quantitative estimate of drug-likeness (QED) is 0.226. The molecule has 1 aliphatic rings. The van der Waals surface area contributed by atoms with E-state index in [1.807, 2.05) is 27.7 Å². The molecule has 144 valence electrons. The van der Waals surface area contributed by atoms with E-state index in [0.29, 0.717) is 17.3 Å². The van der Waals surface area contributed by atoms with Crippen LogP contribution in [-0.2, 0) is 6.42 Å². The molecule has 2 rings (SSSR count). The maximum absolute atomic E-state index is 10.3. The number of unbranched alkanes of at least 4 members (excludes halogenated alkanes) is 1. The van der Waals surface area contributed by atoms with Crippen LogP contribution in [0.2, 0.25) is 0 Å². The molecule has 1 aromatic rings. The first kappa shape index (κ1) is 20.3. The van der Waals surface area contributed by atoms with E-state index in [1.54, 1.807) is 0 Å². The molecule has 0 amide bonds. The molecule has 0 aliphatic carbocycles. The third-order valence-electron chi connectivity index (χ3n) is 5.20. The Morgan fingerprint density at radius 2 is 1.81 bits per heavy atom. The van der Waals surface area contributed by atoms with E-state index in [2.05, 4.69) is 10.6 Å². The first-order valence-corrected chi connectivity index (χ1v) is 9.45. The van der Waals surface area contributed by atoms with Crippen molar-refractivity contribution in [2.24, 2.45) is 5.73 Å². The summed E-state index contributed by atoms with van der Waals surface area (Å²) < 4.78 is 6.37. The van der Waals surface area contributed by atoms with Gasteiger partial charge in [0.05, 0.1) is 0 Å². The number of guanidine groups is 1. The number of aromatic hydroxyl groups is 1. The standard InChI is InChI=1S/C19H30N4O2S/c1-11-12(2)16-14(13(3)15(11)24)7-8-19(4,25-16)17(26)22-9-5-6-10-23-18(20)21/h24H,5-10H2,1-4H3,(H,22,26)(H4,20,21,23). The number of phenols is 1. The topological polar surface area (TPSA) is 103 Å². The highest BCUT2D eigenvalue weighted by molar-refractivity contribution is 7.80. The van der Waals surface area contributed by atoms with Crippen LogP contribution in [0.5, 0.6) is 11.5 Å². The molecule has 7 heteroatoms. The Balaban J connectivity index is 1.99. The molecular weight excluding hydrogens is 348 g/mol. The van der Waals surface area contributed by atoms with Crippen molar-refractivity contribution in [3.05, 3.63) is 22.3 Å². The largest absolute Gasteiger partial charge is 0.507 e. The van der Waals surface area contributed by atoms with Gasteiger partial charge in [-0.3, -0.25) is 5.41 Å². The number of thiocarbonyl (C=S) groups is 1. The fourth-order valence-corrected chi connectivity index (χ4v) is 3.52. The van der Waals surface area contributed by atoms with Crippen molar-refractivity contribution in [3.63, 3.8) is 0 Å². The van der Waals surface area contributed by atoms with Crippen molar-refractivity contribution in [1.29, 1.82) is 5.41 Å². The molecule has 0 saturated heterocycles. The second-order valence-corrected chi connectivity index (χ2v) is 7.58. The number of nitrogens with two attached hydrogens (primary N) is 1. The average molecular weight is 379 g/mol. The van der Waals surface area contributed by atoms with Crippen molar-refractivity contribution in [2.75, 3.05) is 13.1 Å². The van der Waals surface area contributed by atoms with Crippen LogP contribution in [-0.4, -0.2) is 34.7 Å². The van der Waals surface area contributed by atoms with E-state index in [1.165, 1.54) is 0 Å². The number of ether oxygens (including phenoxy) is 1. The van der Waals surface area contributed by atoms with Gasteiger partial charge in [-0.25, -0.2) is 0 Å². The smallest absolute Gasteiger partial charge is 0.185 e. The number of phenolic OH excluding ortho intramolecular Hbond substituents is 1. The Kier molecular flexibility index (Phi) is 6.34. The predicted molar refractivity (Wildman–Crippen MR) is 109 cm³/mol. The Morgan fingerprint density at radius 1 is 1.19 bits per heavy atom. The lowest BCUT2D eigenvalue weighted by atomic mass is 9.87. The summed E-state index contributed by atoms with van der Waals surface area (Å²) in [7, 11) is 0. The predicted octanol–water partition coefficient (Wildman–Crippen LogP) is 2.58. The average Bonchev–Trinajstić information content (AvgIpc) is 2.60. The molecule has 0 radical (unpaired) electrons. The molecule has 1 aromatic carbocycles. The van der Waals surface area contributed by atoms with Gasteiger partial charge in [0.1, 0.15) is 16.5 Å². The van der Waals surface area contributed by atoms with Gasteiger partial charge in [0.2, 0.25) is 0 Å². The van der Waals surface area contributed by atoms with Gasteiger partial charge >= 0.3 is 0 Å². The Hall–Kier alpha value is -2.02. The zero-order valence-corrected chi connectivity index (χ0v) is 16.9. The lowest BCUT2D eigenvalue weighted by Gasteiger charge is -2.38. The summed E-state index contributed by atoms with van der Waals surface area (Å²) in [6, 6.07) is 0. The second kappa shape index (κ2) is 8.12.